The van der Waals surface area contributed by atoms with E-state index in [-0.39, 0.29) is 22.5 Å². The van der Waals surface area contributed by atoms with E-state index in [9.17, 15) is 14.7 Å². The van der Waals surface area contributed by atoms with Gasteiger partial charge in [0.15, 0.2) is 22.7 Å². The van der Waals surface area contributed by atoms with E-state index in [1.54, 1.807) is 30.3 Å². The summed E-state index contributed by atoms with van der Waals surface area (Å²) in [5.41, 5.74) is 5.87. The standard InChI is InChI=1S/C15H12ClN7O3/c16-11-13(23-18-6-7-19-23)22-12(17)10(20-11)14(24)21-9(15(25)26)8-4-2-1-3-5-8/h1-7,9H,(H2,17,22)(H,21,24)(H,25,26). The summed E-state index contributed by atoms with van der Waals surface area (Å²) in [6.45, 7) is 0. The number of nitrogen functional groups attached to an aromatic ring is 1. The van der Waals surface area contributed by atoms with Crippen molar-refractivity contribution in [1.82, 2.24) is 30.3 Å². The van der Waals surface area contributed by atoms with Crippen LogP contribution in [-0.4, -0.2) is 41.9 Å². The number of hydrogen-bond donors (Lipinski definition) is 3. The highest BCUT2D eigenvalue weighted by atomic mass is 35.5. The maximum Gasteiger partial charge on any atom is 0.330 e. The number of nitrogens with one attached hydrogen (secondary N) is 1. The van der Waals surface area contributed by atoms with Gasteiger partial charge in [-0.05, 0) is 5.56 Å². The Labute approximate surface area is 151 Å². The third-order valence-electron chi connectivity index (χ3n) is 3.34. The van der Waals surface area contributed by atoms with Crippen molar-refractivity contribution >= 4 is 29.3 Å². The van der Waals surface area contributed by atoms with E-state index >= 15 is 0 Å². The van der Waals surface area contributed by atoms with Gasteiger partial charge < -0.3 is 16.2 Å². The van der Waals surface area contributed by atoms with Crippen LogP contribution in [0.4, 0.5) is 5.82 Å². The molecule has 0 bridgehead atoms. The van der Waals surface area contributed by atoms with Gasteiger partial charge in [0, 0.05) is 0 Å². The van der Waals surface area contributed by atoms with Crippen molar-refractivity contribution in [2.45, 2.75) is 6.04 Å². The molecule has 26 heavy (non-hydrogen) atoms. The molecule has 11 heteroatoms. The summed E-state index contributed by atoms with van der Waals surface area (Å²) in [5, 5.41) is 19.3. The van der Waals surface area contributed by atoms with Gasteiger partial charge in [-0.2, -0.15) is 10.2 Å². The number of anilines is 1. The Morgan fingerprint density at radius 1 is 1.15 bits per heavy atom. The third kappa shape index (κ3) is 3.44. The molecule has 1 amide bonds. The third-order valence-corrected chi connectivity index (χ3v) is 3.60. The second kappa shape index (κ2) is 7.15. The van der Waals surface area contributed by atoms with Gasteiger partial charge in [-0.1, -0.05) is 41.9 Å². The van der Waals surface area contributed by atoms with Gasteiger partial charge in [0.25, 0.3) is 5.91 Å². The first kappa shape index (κ1) is 17.3. The predicted octanol–water partition coefficient (Wildman–Crippen LogP) is 0.849. The fourth-order valence-corrected chi connectivity index (χ4v) is 2.37. The largest absolute Gasteiger partial charge is 0.479 e. The summed E-state index contributed by atoms with van der Waals surface area (Å²) in [7, 11) is 0. The Hall–Kier alpha value is -3.53. The lowest BCUT2D eigenvalue weighted by molar-refractivity contribution is -0.139. The zero-order valence-electron chi connectivity index (χ0n) is 13.1. The molecule has 4 N–H and O–H groups in total. The van der Waals surface area contributed by atoms with Crippen molar-refractivity contribution in [3.8, 4) is 5.82 Å². The number of carboxylic acid groups (broad SMARTS) is 1. The molecule has 1 atom stereocenters. The monoisotopic (exact) mass is 373 g/mol. The maximum absolute atomic E-state index is 12.5. The molecule has 1 aromatic carbocycles. The molecule has 1 unspecified atom stereocenters. The minimum atomic E-state index is -1.28. The van der Waals surface area contributed by atoms with Crippen LogP contribution in [0.3, 0.4) is 0 Å². The Bertz CT molecular complexity index is 947. The van der Waals surface area contributed by atoms with Gasteiger partial charge >= 0.3 is 5.97 Å². The van der Waals surface area contributed by atoms with Crippen molar-refractivity contribution in [2.24, 2.45) is 0 Å². The smallest absolute Gasteiger partial charge is 0.330 e. The summed E-state index contributed by atoms with van der Waals surface area (Å²) in [6.07, 6.45) is 2.82. The lowest BCUT2D eigenvalue weighted by Crippen LogP contribution is -2.35. The summed E-state index contributed by atoms with van der Waals surface area (Å²) >= 11 is 6.03. The lowest BCUT2D eigenvalue weighted by Gasteiger charge is -2.15. The molecule has 2 aromatic heterocycles. The summed E-state index contributed by atoms with van der Waals surface area (Å²) in [5.74, 6) is -2.26. The van der Waals surface area contributed by atoms with Gasteiger partial charge in [0.1, 0.15) is 0 Å². The minimum Gasteiger partial charge on any atom is -0.479 e. The molecule has 2 heterocycles. The number of carbonyl (C=O) groups is 2. The Morgan fingerprint density at radius 3 is 2.42 bits per heavy atom. The molecular formula is C15H12ClN7O3. The Kier molecular flexibility index (Phi) is 4.76. The molecule has 3 aromatic rings. The fraction of sp³-hybridized carbons (Fsp3) is 0.0667. The molecule has 0 spiro atoms. The molecular weight excluding hydrogens is 362 g/mol. The molecule has 10 nitrogen and oxygen atoms in total. The molecule has 0 aliphatic carbocycles. The van der Waals surface area contributed by atoms with Gasteiger partial charge in [-0.15, -0.1) is 4.80 Å². The Balaban J connectivity index is 1.90. The van der Waals surface area contributed by atoms with Gasteiger partial charge in [0.2, 0.25) is 5.82 Å². The number of nitrogens with zero attached hydrogens (tertiary/aromatic N) is 5. The number of hydrogen-bond acceptors (Lipinski definition) is 7. The first-order chi connectivity index (χ1) is 12.5. The topological polar surface area (TPSA) is 149 Å². The minimum absolute atomic E-state index is 0.0450. The quantitative estimate of drug-likeness (QED) is 0.595. The highest BCUT2D eigenvalue weighted by Gasteiger charge is 2.25. The summed E-state index contributed by atoms with van der Waals surface area (Å²) in [6, 6.07) is 6.93. The van der Waals surface area contributed by atoms with E-state index < -0.39 is 17.9 Å². The zero-order valence-corrected chi connectivity index (χ0v) is 13.8. The number of aromatic nitrogens is 5. The first-order valence-electron chi connectivity index (χ1n) is 7.25. The first-order valence-corrected chi connectivity index (χ1v) is 7.63. The van der Waals surface area contributed by atoms with Crippen molar-refractivity contribution in [3.63, 3.8) is 0 Å². The van der Waals surface area contributed by atoms with Gasteiger partial charge in [-0.3, -0.25) is 4.79 Å². The molecule has 0 aliphatic heterocycles. The number of carboxylic acids is 1. The summed E-state index contributed by atoms with van der Waals surface area (Å²) in [4.78, 5) is 32.9. The van der Waals surface area contributed by atoms with Crippen LogP contribution in [0.25, 0.3) is 5.82 Å². The van der Waals surface area contributed by atoms with E-state index in [2.05, 4.69) is 25.5 Å². The van der Waals surface area contributed by atoms with Crippen LogP contribution in [0.15, 0.2) is 42.7 Å². The number of amides is 1. The number of carbonyl (C=O) groups excluding carboxylic acids is 1. The van der Waals surface area contributed by atoms with Crippen LogP contribution in [0.1, 0.15) is 22.1 Å². The second-order valence-electron chi connectivity index (χ2n) is 5.05. The van der Waals surface area contributed by atoms with Gasteiger partial charge in [-0.25, -0.2) is 14.8 Å². The van der Waals surface area contributed by atoms with Crippen LogP contribution in [0, 0.1) is 0 Å². The number of halogens is 1. The van der Waals surface area contributed by atoms with Crippen LogP contribution in [-0.2, 0) is 4.79 Å². The van der Waals surface area contributed by atoms with Crippen LogP contribution >= 0.6 is 11.6 Å². The molecule has 132 valence electrons. The van der Waals surface area contributed by atoms with Crippen molar-refractivity contribution in [2.75, 3.05) is 5.73 Å². The highest BCUT2D eigenvalue weighted by molar-refractivity contribution is 6.31. The fourth-order valence-electron chi connectivity index (χ4n) is 2.17. The molecule has 0 aliphatic rings. The second-order valence-corrected chi connectivity index (χ2v) is 5.40. The average Bonchev–Trinajstić information content (AvgIpc) is 3.16. The zero-order chi connectivity index (χ0) is 18.7. The molecule has 0 radical (unpaired) electrons. The molecule has 0 saturated carbocycles. The summed E-state index contributed by atoms with van der Waals surface area (Å²) < 4.78 is 0. The number of aliphatic carboxylic acids is 1. The van der Waals surface area contributed by atoms with Crippen LogP contribution < -0.4 is 11.1 Å². The highest BCUT2D eigenvalue weighted by Crippen LogP contribution is 2.20. The number of benzene rings is 1. The number of nitrogens with two attached hydrogens (primary N) is 1. The molecule has 3 rings (SSSR count). The van der Waals surface area contributed by atoms with Gasteiger partial charge in [0.05, 0.1) is 12.4 Å². The van der Waals surface area contributed by atoms with Crippen molar-refractivity contribution in [3.05, 3.63) is 59.1 Å². The van der Waals surface area contributed by atoms with E-state index in [1.807, 2.05) is 0 Å². The van der Waals surface area contributed by atoms with Crippen LogP contribution in [0.2, 0.25) is 5.15 Å². The van der Waals surface area contributed by atoms with E-state index in [0.29, 0.717) is 5.56 Å². The van der Waals surface area contributed by atoms with E-state index in [0.717, 1.165) is 4.80 Å². The normalized spacial score (nSPS) is 11.7. The average molecular weight is 374 g/mol. The maximum atomic E-state index is 12.5. The van der Waals surface area contributed by atoms with Crippen molar-refractivity contribution < 1.29 is 14.7 Å². The van der Waals surface area contributed by atoms with Crippen LogP contribution in [0.5, 0.6) is 0 Å². The Morgan fingerprint density at radius 2 is 1.81 bits per heavy atom. The number of rotatable bonds is 5. The molecule has 0 fully saturated rings. The van der Waals surface area contributed by atoms with E-state index in [4.69, 9.17) is 17.3 Å². The molecule has 0 saturated heterocycles. The lowest BCUT2D eigenvalue weighted by atomic mass is 10.1. The predicted molar refractivity (Wildman–Crippen MR) is 90.7 cm³/mol. The van der Waals surface area contributed by atoms with E-state index in [1.165, 1.54) is 12.4 Å². The van der Waals surface area contributed by atoms with Crippen molar-refractivity contribution in [1.29, 1.82) is 0 Å². The SMILES string of the molecule is Nc1nc(-n2nccn2)c(Cl)nc1C(=O)NC(C(=O)O)c1ccccc1.